The van der Waals surface area contributed by atoms with Crippen LogP contribution in [-0.2, 0) is 9.59 Å². The molecule has 4 nitrogen and oxygen atoms in total. The van der Waals surface area contributed by atoms with E-state index in [1.54, 1.807) is 23.1 Å². The average Bonchev–Trinajstić information content (AvgIpc) is 3.25. The van der Waals surface area contributed by atoms with E-state index >= 15 is 0 Å². The lowest BCUT2D eigenvalue weighted by Crippen LogP contribution is -2.30. The molecule has 1 aromatic carbocycles. The predicted molar refractivity (Wildman–Crippen MR) is 98.2 cm³/mol. The molecule has 1 atom stereocenters. The van der Waals surface area contributed by atoms with Gasteiger partial charge in [0.05, 0.1) is 11.5 Å². The van der Waals surface area contributed by atoms with E-state index < -0.39 is 11.9 Å². The maximum absolute atomic E-state index is 13.1. The van der Waals surface area contributed by atoms with Gasteiger partial charge in [0.25, 0.3) is 5.91 Å². The van der Waals surface area contributed by atoms with Crippen molar-refractivity contribution in [2.24, 2.45) is 5.92 Å². The lowest BCUT2D eigenvalue weighted by molar-refractivity contribution is -0.141. The molecule has 1 amide bonds. The van der Waals surface area contributed by atoms with Crippen molar-refractivity contribution in [3.63, 3.8) is 0 Å². The predicted octanol–water partition coefficient (Wildman–Crippen LogP) is 3.78. The molecule has 2 heterocycles. The Balaban J connectivity index is 0.00000225. The lowest BCUT2D eigenvalue weighted by atomic mass is 10.1. The Morgan fingerprint density at radius 3 is 2.52 bits per heavy atom. The summed E-state index contributed by atoms with van der Waals surface area (Å²) in [6.45, 7) is 0.655. The fraction of sp³-hybridized carbons (Fsp3) is 0.222. The van der Waals surface area contributed by atoms with Crippen molar-refractivity contribution in [2.75, 3.05) is 13.1 Å². The van der Waals surface area contributed by atoms with Crippen LogP contribution >= 0.6 is 23.7 Å². The third-order valence-electron chi connectivity index (χ3n) is 4.02. The number of hydrogen-bond acceptors (Lipinski definition) is 3. The smallest absolute Gasteiger partial charge is 0.308 e. The van der Waals surface area contributed by atoms with Crippen molar-refractivity contribution in [3.05, 3.63) is 58.0 Å². The maximum Gasteiger partial charge on any atom is 0.308 e. The Morgan fingerprint density at radius 1 is 1.24 bits per heavy atom. The summed E-state index contributed by atoms with van der Waals surface area (Å²) in [5, 5.41) is 11.0. The monoisotopic (exact) mass is 381 g/mol. The van der Waals surface area contributed by atoms with Gasteiger partial charge in [-0.25, -0.2) is 4.39 Å². The fourth-order valence-corrected chi connectivity index (χ4v) is 3.45. The first-order valence-electron chi connectivity index (χ1n) is 7.58. The van der Waals surface area contributed by atoms with Crippen LogP contribution in [0.1, 0.15) is 16.9 Å². The molecule has 1 N–H and O–H groups in total. The maximum atomic E-state index is 13.1. The number of carboxylic acids is 1. The van der Waals surface area contributed by atoms with Gasteiger partial charge in [0.15, 0.2) is 0 Å². The van der Waals surface area contributed by atoms with Crippen molar-refractivity contribution < 1.29 is 19.1 Å². The first-order valence-corrected chi connectivity index (χ1v) is 8.46. The summed E-state index contributed by atoms with van der Waals surface area (Å²) >= 11 is 1.44. The van der Waals surface area contributed by atoms with Crippen LogP contribution < -0.4 is 0 Å². The molecule has 3 rings (SSSR count). The number of carboxylic acid groups (broad SMARTS) is 1. The van der Waals surface area contributed by atoms with E-state index in [9.17, 15) is 14.0 Å². The standard InChI is InChI=1S/C18H16FNO3S.ClH/c19-14-5-3-12(4-6-14)10-15(16-2-1-9-24-16)17(21)20-8-7-13(11-20)18(22)23;/h1-6,9-10,13H,7-8,11H2,(H,22,23);1H/b15-10+;. The molecule has 132 valence electrons. The third kappa shape index (κ3) is 4.46. The van der Waals surface area contributed by atoms with Gasteiger partial charge in [-0.05, 0) is 41.6 Å². The molecular weight excluding hydrogens is 365 g/mol. The molecule has 1 aliphatic heterocycles. The molecule has 7 heteroatoms. The molecule has 0 bridgehead atoms. The van der Waals surface area contributed by atoms with Gasteiger partial charge < -0.3 is 10.0 Å². The van der Waals surface area contributed by atoms with Gasteiger partial charge in [0.2, 0.25) is 0 Å². The summed E-state index contributed by atoms with van der Waals surface area (Å²) in [4.78, 5) is 26.4. The van der Waals surface area contributed by atoms with Crippen molar-refractivity contribution in [2.45, 2.75) is 6.42 Å². The molecule has 2 aromatic rings. The minimum Gasteiger partial charge on any atom is -0.481 e. The number of halogens is 2. The number of rotatable bonds is 4. The zero-order valence-corrected chi connectivity index (χ0v) is 14.9. The fourth-order valence-electron chi connectivity index (χ4n) is 2.71. The summed E-state index contributed by atoms with van der Waals surface area (Å²) in [5.41, 5.74) is 1.23. The quantitative estimate of drug-likeness (QED) is 0.820. The first-order chi connectivity index (χ1) is 11.5. The molecule has 25 heavy (non-hydrogen) atoms. The number of hydrogen-bond donors (Lipinski definition) is 1. The summed E-state index contributed by atoms with van der Waals surface area (Å²) in [6, 6.07) is 9.62. The van der Waals surface area contributed by atoms with Gasteiger partial charge in [0.1, 0.15) is 5.82 Å². The Bertz CT molecular complexity index is 774. The number of thiophene rings is 1. The molecular formula is C18H17ClFNO3S. The highest BCUT2D eigenvalue weighted by molar-refractivity contribution is 7.11. The number of nitrogens with zero attached hydrogens (tertiary/aromatic N) is 1. The zero-order chi connectivity index (χ0) is 17.1. The summed E-state index contributed by atoms with van der Waals surface area (Å²) < 4.78 is 13.1. The number of likely N-dealkylation sites (tertiary alicyclic amines) is 1. The van der Waals surface area contributed by atoms with E-state index in [1.165, 1.54) is 23.5 Å². The van der Waals surface area contributed by atoms with Gasteiger partial charge in [-0.1, -0.05) is 18.2 Å². The van der Waals surface area contributed by atoms with Crippen LogP contribution in [0.5, 0.6) is 0 Å². The summed E-state index contributed by atoms with van der Waals surface area (Å²) in [5.74, 6) is -1.90. The normalized spacial score (nSPS) is 17.2. The van der Waals surface area contributed by atoms with Crippen LogP contribution in [-0.4, -0.2) is 35.0 Å². The van der Waals surface area contributed by atoms with Gasteiger partial charge >= 0.3 is 5.97 Å². The largest absolute Gasteiger partial charge is 0.481 e. The van der Waals surface area contributed by atoms with Gasteiger partial charge in [-0.15, -0.1) is 23.7 Å². The number of carbonyl (C=O) groups is 2. The van der Waals surface area contributed by atoms with E-state index in [2.05, 4.69) is 0 Å². The van der Waals surface area contributed by atoms with Crippen molar-refractivity contribution >= 4 is 47.3 Å². The van der Waals surface area contributed by atoms with Crippen LogP contribution in [0.2, 0.25) is 0 Å². The van der Waals surface area contributed by atoms with Crippen molar-refractivity contribution in [3.8, 4) is 0 Å². The van der Waals surface area contributed by atoms with Crippen LogP contribution in [0.25, 0.3) is 11.6 Å². The molecule has 1 aromatic heterocycles. The van der Waals surface area contributed by atoms with E-state index in [4.69, 9.17) is 5.11 Å². The zero-order valence-electron chi connectivity index (χ0n) is 13.2. The SMILES string of the molecule is Cl.O=C(O)C1CCN(C(=O)/C(=C/c2ccc(F)cc2)c2cccs2)C1. The topological polar surface area (TPSA) is 57.6 Å². The number of benzene rings is 1. The van der Waals surface area contributed by atoms with Crippen LogP contribution in [0.15, 0.2) is 41.8 Å². The third-order valence-corrected chi connectivity index (χ3v) is 4.93. The van der Waals surface area contributed by atoms with Crippen molar-refractivity contribution in [1.82, 2.24) is 4.90 Å². The van der Waals surface area contributed by atoms with Crippen LogP contribution in [0, 0.1) is 11.7 Å². The second-order valence-electron chi connectivity index (χ2n) is 5.66. The minimum atomic E-state index is -0.870. The molecule has 0 aliphatic carbocycles. The molecule has 1 saturated heterocycles. The van der Waals surface area contributed by atoms with E-state index in [0.717, 1.165) is 10.4 Å². The summed E-state index contributed by atoms with van der Waals surface area (Å²) in [7, 11) is 0. The van der Waals surface area contributed by atoms with Gasteiger partial charge in [-0.3, -0.25) is 9.59 Å². The van der Waals surface area contributed by atoms with Crippen LogP contribution in [0.3, 0.4) is 0 Å². The number of amides is 1. The Hall–Kier alpha value is -2.18. The van der Waals surface area contributed by atoms with E-state index in [1.807, 2.05) is 17.5 Å². The molecule has 0 saturated carbocycles. The molecule has 0 spiro atoms. The lowest BCUT2D eigenvalue weighted by Gasteiger charge is -2.17. The second-order valence-corrected chi connectivity index (χ2v) is 6.61. The second kappa shape index (κ2) is 8.27. The van der Waals surface area contributed by atoms with E-state index in [0.29, 0.717) is 18.5 Å². The Kier molecular flexibility index (Phi) is 6.33. The molecule has 1 unspecified atom stereocenters. The molecule has 1 aliphatic rings. The highest BCUT2D eigenvalue weighted by atomic mass is 35.5. The first kappa shape index (κ1) is 19.1. The van der Waals surface area contributed by atoms with Gasteiger partial charge in [-0.2, -0.15) is 0 Å². The minimum absolute atomic E-state index is 0. The highest BCUT2D eigenvalue weighted by Gasteiger charge is 2.32. The van der Waals surface area contributed by atoms with Crippen LogP contribution in [0.4, 0.5) is 4.39 Å². The Morgan fingerprint density at radius 2 is 1.96 bits per heavy atom. The van der Waals surface area contributed by atoms with Gasteiger partial charge in [0, 0.05) is 18.0 Å². The number of carbonyl (C=O) groups excluding carboxylic acids is 1. The number of aliphatic carboxylic acids is 1. The Labute approximate surface area is 155 Å². The molecule has 1 fully saturated rings. The van der Waals surface area contributed by atoms with E-state index in [-0.39, 0.29) is 30.7 Å². The summed E-state index contributed by atoms with van der Waals surface area (Å²) in [6.07, 6.45) is 2.19. The molecule has 0 radical (unpaired) electrons. The van der Waals surface area contributed by atoms with Crippen molar-refractivity contribution in [1.29, 1.82) is 0 Å². The highest BCUT2D eigenvalue weighted by Crippen LogP contribution is 2.28. The average molecular weight is 382 g/mol.